The minimum absolute atomic E-state index is 0.999. The zero-order valence-corrected chi connectivity index (χ0v) is 9.43. The summed E-state index contributed by atoms with van der Waals surface area (Å²) in [4.78, 5) is 4.18. The highest BCUT2D eigenvalue weighted by atomic mass is 15.1. The molecule has 3 rings (SSSR count). The number of H-pyrrole nitrogens is 1. The molecular weight excluding hydrogens is 210 g/mol. The first kappa shape index (κ1) is 10.0. The van der Waals surface area contributed by atoms with Crippen molar-refractivity contribution in [1.29, 1.82) is 0 Å². The molecule has 2 heterocycles. The molecule has 0 atom stereocenters. The van der Waals surface area contributed by atoms with Crippen LogP contribution in [0.3, 0.4) is 0 Å². The molecule has 0 bridgehead atoms. The van der Waals surface area contributed by atoms with Crippen molar-refractivity contribution in [3.8, 4) is 11.3 Å². The summed E-state index contributed by atoms with van der Waals surface area (Å²) in [6, 6.07) is 12.3. The molecule has 0 amide bonds. The van der Waals surface area contributed by atoms with E-state index in [1.807, 2.05) is 30.6 Å². The molecule has 0 saturated heterocycles. The Balaban J connectivity index is 1.93. The van der Waals surface area contributed by atoms with Gasteiger partial charge in [0.1, 0.15) is 0 Å². The van der Waals surface area contributed by atoms with Crippen LogP contribution < -0.4 is 0 Å². The lowest BCUT2D eigenvalue weighted by Crippen LogP contribution is -1.90. The third-order valence-electron chi connectivity index (χ3n) is 2.87. The van der Waals surface area contributed by atoms with E-state index >= 15 is 0 Å². The van der Waals surface area contributed by atoms with Crippen molar-refractivity contribution >= 4 is 11.8 Å². The van der Waals surface area contributed by atoms with Gasteiger partial charge in [-0.3, -0.25) is 10.1 Å². The second-order valence-electron chi connectivity index (χ2n) is 4.06. The standard InChI is InChI=1S/C14H13N3/c1-2-5-11(6-3-1)13-9-14(17-16-13)12-7-4-8-15-10-12/h1-3,5-6,8-10H,4,7H2,(H,16,17). The van der Waals surface area contributed by atoms with Crippen LogP contribution in [0.2, 0.25) is 0 Å². The van der Waals surface area contributed by atoms with Gasteiger partial charge in [-0.15, -0.1) is 0 Å². The van der Waals surface area contributed by atoms with Crippen LogP contribution in [0.25, 0.3) is 16.8 Å². The highest BCUT2D eigenvalue weighted by Crippen LogP contribution is 2.24. The summed E-state index contributed by atoms with van der Waals surface area (Å²) >= 11 is 0. The van der Waals surface area contributed by atoms with Crippen LogP contribution in [-0.4, -0.2) is 16.4 Å². The fraction of sp³-hybridized carbons (Fsp3) is 0.143. The lowest BCUT2D eigenvalue weighted by Gasteiger charge is -2.03. The summed E-state index contributed by atoms with van der Waals surface area (Å²) in [5, 5.41) is 7.43. The molecule has 1 aromatic heterocycles. The van der Waals surface area contributed by atoms with E-state index in [4.69, 9.17) is 0 Å². The maximum atomic E-state index is 4.35. The molecule has 1 N–H and O–H groups in total. The number of nitrogens with zero attached hydrogens (tertiary/aromatic N) is 2. The Bertz CT molecular complexity index is 564. The van der Waals surface area contributed by atoms with Crippen LogP contribution in [0.15, 0.2) is 47.6 Å². The van der Waals surface area contributed by atoms with Crippen LogP contribution in [0.5, 0.6) is 0 Å². The Morgan fingerprint density at radius 3 is 2.76 bits per heavy atom. The second kappa shape index (κ2) is 4.37. The van der Waals surface area contributed by atoms with Gasteiger partial charge in [-0.25, -0.2) is 0 Å². The van der Waals surface area contributed by atoms with E-state index in [2.05, 4.69) is 33.4 Å². The summed E-state index contributed by atoms with van der Waals surface area (Å²) in [7, 11) is 0. The van der Waals surface area contributed by atoms with Crippen molar-refractivity contribution in [3.05, 3.63) is 48.3 Å². The second-order valence-corrected chi connectivity index (χ2v) is 4.06. The highest BCUT2D eigenvalue weighted by molar-refractivity contribution is 5.74. The SMILES string of the molecule is C1=NC=C(c2cc(-c3ccccc3)[nH]n2)CC1. The van der Waals surface area contributed by atoms with Gasteiger partial charge in [0.25, 0.3) is 0 Å². The van der Waals surface area contributed by atoms with E-state index in [0.717, 1.165) is 29.8 Å². The van der Waals surface area contributed by atoms with E-state index in [9.17, 15) is 0 Å². The summed E-state index contributed by atoms with van der Waals surface area (Å²) < 4.78 is 0. The average Bonchev–Trinajstić information content (AvgIpc) is 2.90. The van der Waals surface area contributed by atoms with Gasteiger partial charge in [-0.1, -0.05) is 30.3 Å². The van der Waals surface area contributed by atoms with Crippen molar-refractivity contribution in [3.63, 3.8) is 0 Å². The smallest absolute Gasteiger partial charge is 0.0902 e. The third kappa shape index (κ3) is 2.04. The van der Waals surface area contributed by atoms with Gasteiger partial charge in [0.2, 0.25) is 0 Å². The Labute approximate surface area is 99.9 Å². The number of aromatic amines is 1. The Morgan fingerprint density at radius 2 is 2.00 bits per heavy atom. The van der Waals surface area contributed by atoms with Crippen LogP contribution in [0.1, 0.15) is 18.5 Å². The molecule has 17 heavy (non-hydrogen) atoms. The number of rotatable bonds is 2. The Morgan fingerprint density at radius 1 is 1.12 bits per heavy atom. The molecule has 0 saturated carbocycles. The minimum atomic E-state index is 0.999. The first-order valence-corrected chi connectivity index (χ1v) is 5.75. The van der Waals surface area contributed by atoms with Crippen molar-refractivity contribution in [2.75, 3.05) is 0 Å². The average molecular weight is 223 g/mol. The molecule has 0 unspecified atom stereocenters. The van der Waals surface area contributed by atoms with Gasteiger partial charge < -0.3 is 0 Å². The molecule has 84 valence electrons. The van der Waals surface area contributed by atoms with E-state index < -0.39 is 0 Å². The summed E-state index contributed by atoms with van der Waals surface area (Å²) in [5.41, 5.74) is 4.41. The molecule has 3 heteroatoms. The highest BCUT2D eigenvalue weighted by Gasteiger charge is 2.09. The van der Waals surface area contributed by atoms with Crippen molar-refractivity contribution < 1.29 is 0 Å². The number of benzene rings is 1. The van der Waals surface area contributed by atoms with Gasteiger partial charge in [0.05, 0.1) is 11.4 Å². The fourth-order valence-corrected chi connectivity index (χ4v) is 1.95. The number of allylic oxidation sites excluding steroid dienone is 1. The molecule has 1 aliphatic rings. The fourth-order valence-electron chi connectivity index (χ4n) is 1.95. The lowest BCUT2D eigenvalue weighted by molar-refractivity contribution is 1.03. The van der Waals surface area contributed by atoms with Gasteiger partial charge in [-0.05, 0) is 30.0 Å². The summed E-state index contributed by atoms with van der Waals surface area (Å²) in [5.74, 6) is 0. The minimum Gasteiger partial charge on any atom is -0.277 e. The number of hydrogen-bond acceptors (Lipinski definition) is 2. The molecule has 0 fully saturated rings. The van der Waals surface area contributed by atoms with Gasteiger partial charge in [-0.2, -0.15) is 5.10 Å². The maximum Gasteiger partial charge on any atom is 0.0902 e. The van der Waals surface area contributed by atoms with E-state index in [0.29, 0.717) is 0 Å². The monoisotopic (exact) mass is 223 g/mol. The quantitative estimate of drug-likeness (QED) is 0.834. The largest absolute Gasteiger partial charge is 0.277 e. The predicted molar refractivity (Wildman–Crippen MR) is 69.7 cm³/mol. The van der Waals surface area contributed by atoms with Crippen molar-refractivity contribution in [2.24, 2.45) is 4.99 Å². The normalized spacial score (nSPS) is 14.7. The maximum absolute atomic E-state index is 4.35. The van der Waals surface area contributed by atoms with E-state index in [-0.39, 0.29) is 0 Å². The van der Waals surface area contributed by atoms with Crippen molar-refractivity contribution in [2.45, 2.75) is 12.8 Å². The number of hydrogen-bond donors (Lipinski definition) is 1. The van der Waals surface area contributed by atoms with Gasteiger partial charge in [0, 0.05) is 12.4 Å². The van der Waals surface area contributed by atoms with Crippen LogP contribution in [0, 0.1) is 0 Å². The molecule has 0 aliphatic carbocycles. The van der Waals surface area contributed by atoms with Crippen LogP contribution in [0.4, 0.5) is 0 Å². The van der Waals surface area contributed by atoms with Crippen molar-refractivity contribution in [1.82, 2.24) is 10.2 Å². The lowest BCUT2D eigenvalue weighted by atomic mass is 10.1. The summed E-state index contributed by atoms with van der Waals surface area (Å²) in [6.07, 6.45) is 5.85. The number of aromatic nitrogens is 2. The first-order valence-electron chi connectivity index (χ1n) is 5.75. The van der Waals surface area contributed by atoms with Crippen LogP contribution >= 0.6 is 0 Å². The first-order chi connectivity index (χ1) is 8.43. The molecule has 0 spiro atoms. The molecule has 2 aromatic rings. The Kier molecular flexibility index (Phi) is 2.58. The molecular formula is C14H13N3. The molecule has 3 nitrogen and oxygen atoms in total. The third-order valence-corrected chi connectivity index (χ3v) is 2.87. The van der Waals surface area contributed by atoms with Crippen LogP contribution in [-0.2, 0) is 0 Å². The summed E-state index contributed by atoms with van der Waals surface area (Å²) in [6.45, 7) is 0. The van der Waals surface area contributed by atoms with E-state index in [1.54, 1.807) is 0 Å². The predicted octanol–water partition coefficient (Wildman–Crippen LogP) is 3.28. The topological polar surface area (TPSA) is 41.0 Å². The van der Waals surface area contributed by atoms with E-state index in [1.165, 1.54) is 5.57 Å². The van der Waals surface area contributed by atoms with Gasteiger partial charge >= 0.3 is 0 Å². The molecule has 1 aromatic carbocycles. The Hall–Kier alpha value is -2.16. The molecule has 1 aliphatic heterocycles. The zero-order valence-electron chi connectivity index (χ0n) is 9.43. The zero-order chi connectivity index (χ0) is 11.5. The number of aliphatic imine (C=N–C) groups is 1. The molecule has 0 radical (unpaired) electrons. The number of nitrogens with one attached hydrogen (secondary N) is 1. The van der Waals surface area contributed by atoms with Gasteiger partial charge in [0.15, 0.2) is 0 Å².